The van der Waals surface area contributed by atoms with Gasteiger partial charge < -0.3 is 0 Å². The van der Waals surface area contributed by atoms with Crippen molar-refractivity contribution in [1.82, 2.24) is 4.98 Å². The van der Waals surface area contributed by atoms with E-state index in [1.165, 1.54) is 5.56 Å². The van der Waals surface area contributed by atoms with Crippen LogP contribution in [0.2, 0.25) is 0 Å². The van der Waals surface area contributed by atoms with E-state index in [-0.39, 0.29) is 0 Å². The van der Waals surface area contributed by atoms with E-state index >= 15 is 0 Å². The first-order chi connectivity index (χ1) is 5.13. The van der Waals surface area contributed by atoms with Crippen LogP contribution in [-0.2, 0) is 0 Å². The van der Waals surface area contributed by atoms with Crippen LogP contribution in [0.1, 0.15) is 5.56 Å². The molecule has 1 aromatic rings. The van der Waals surface area contributed by atoms with Gasteiger partial charge in [0, 0.05) is 12.4 Å². The highest BCUT2D eigenvalue weighted by Crippen LogP contribution is 1.88. The topological polar surface area (TPSA) is 12.9 Å². The van der Waals surface area contributed by atoms with E-state index in [9.17, 15) is 13.2 Å². The van der Waals surface area contributed by atoms with Gasteiger partial charge in [-0.05, 0) is 24.6 Å². The molecule has 0 N–H and O–H groups in total. The van der Waals surface area contributed by atoms with Crippen LogP contribution in [0, 0.1) is 6.92 Å². The molecule has 0 fully saturated rings. The number of halogens is 3. The fraction of sp³-hybridized carbons (Fsp3) is 0.286. The summed E-state index contributed by atoms with van der Waals surface area (Å²) in [5.41, 5.74) is 1.26. The molecule has 0 spiro atoms. The Hall–Kier alpha value is -1.06. The average molecular weight is 163 g/mol. The van der Waals surface area contributed by atoms with Crippen molar-refractivity contribution in [3.8, 4) is 0 Å². The molecule has 1 rings (SSSR count). The predicted octanol–water partition coefficient (Wildman–Crippen LogP) is 2.57. The molecule has 1 aromatic heterocycles. The zero-order chi connectivity index (χ0) is 8.69. The number of hydrogen-bond donors (Lipinski definition) is 0. The summed E-state index contributed by atoms with van der Waals surface area (Å²) < 4.78 is 29.0. The van der Waals surface area contributed by atoms with Gasteiger partial charge in [-0.1, -0.05) is 0 Å². The summed E-state index contributed by atoms with van der Waals surface area (Å²) >= 11 is 0. The highest BCUT2D eigenvalue weighted by atomic mass is 19.4. The lowest BCUT2D eigenvalue weighted by molar-refractivity contribution is 0.00819. The van der Waals surface area contributed by atoms with Gasteiger partial charge in [-0.2, -0.15) is 13.2 Å². The molecule has 0 amide bonds. The summed E-state index contributed by atoms with van der Waals surface area (Å²) in [6.07, 6.45) is 3.57. The van der Waals surface area contributed by atoms with Crippen LogP contribution in [0.3, 0.4) is 0 Å². The maximum atomic E-state index is 9.67. The van der Waals surface area contributed by atoms with Crippen molar-refractivity contribution < 1.29 is 13.2 Å². The van der Waals surface area contributed by atoms with E-state index in [2.05, 4.69) is 4.98 Å². The van der Waals surface area contributed by atoms with Crippen molar-refractivity contribution >= 4 is 0 Å². The van der Waals surface area contributed by atoms with Crippen molar-refractivity contribution in [2.24, 2.45) is 0 Å². The molecule has 1 nitrogen and oxygen atoms in total. The Labute approximate surface area is 62.9 Å². The van der Waals surface area contributed by atoms with E-state index in [0.717, 1.165) is 0 Å². The van der Waals surface area contributed by atoms with Gasteiger partial charge in [-0.25, -0.2) is 0 Å². The second kappa shape index (κ2) is 5.70. The van der Waals surface area contributed by atoms with E-state index < -0.39 is 6.68 Å². The fourth-order valence-electron chi connectivity index (χ4n) is 0.426. The van der Waals surface area contributed by atoms with Gasteiger partial charge >= 0.3 is 6.68 Å². The lowest BCUT2D eigenvalue weighted by Gasteiger charge is -1.82. The normalized spacial score (nSPS) is 8.82. The van der Waals surface area contributed by atoms with Gasteiger partial charge in [-0.15, -0.1) is 0 Å². The third kappa shape index (κ3) is 8.94. The summed E-state index contributed by atoms with van der Waals surface area (Å²) in [6, 6.07) is 3.94. The highest BCUT2D eigenvalue weighted by molar-refractivity contribution is 5.05. The number of alkyl halides is 3. The number of hydrogen-bond acceptors (Lipinski definition) is 1. The van der Waals surface area contributed by atoms with Gasteiger partial charge in [0.05, 0.1) is 0 Å². The summed E-state index contributed by atoms with van der Waals surface area (Å²) in [6.45, 7) is -1.62. The number of pyridine rings is 1. The molecule has 0 radical (unpaired) electrons. The maximum absolute atomic E-state index is 9.67. The quantitative estimate of drug-likeness (QED) is 0.572. The van der Waals surface area contributed by atoms with Gasteiger partial charge in [-0.3, -0.25) is 4.98 Å². The zero-order valence-electron chi connectivity index (χ0n) is 5.97. The third-order valence-electron chi connectivity index (χ3n) is 0.847. The Morgan fingerprint density at radius 3 is 1.73 bits per heavy atom. The predicted molar refractivity (Wildman–Crippen MR) is 36.1 cm³/mol. The van der Waals surface area contributed by atoms with Gasteiger partial charge in [0.15, 0.2) is 0 Å². The minimum atomic E-state index is -3.67. The first kappa shape index (κ1) is 9.94. The van der Waals surface area contributed by atoms with E-state index in [4.69, 9.17) is 0 Å². The number of aryl methyl sites for hydroxylation is 1. The fourth-order valence-corrected chi connectivity index (χ4v) is 0.426. The van der Waals surface area contributed by atoms with Crippen LogP contribution in [0.15, 0.2) is 24.5 Å². The first-order valence-corrected chi connectivity index (χ1v) is 2.92. The first-order valence-electron chi connectivity index (χ1n) is 2.92. The van der Waals surface area contributed by atoms with E-state index in [1.54, 1.807) is 12.4 Å². The minimum absolute atomic E-state index is 1.26. The summed E-state index contributed by atoms with van der Waals surface area (Å²) in [4.78, 5) is 3.85. The monoisotopic (exact) mass is 163 g/mol. The Kier molecular flexibility index (Phi) is 5.15. The SMILES string of the molecule is Cc1ccncc1.FC(F)F. The third-order valence-corrected chi connectivity index (χ3v) is 0.847. The molecule has 1 heterocycles. The van der Waals surface area contributed by atoms with Gasteiger partial charge in [0.1, 0.15) is 0 Å². The van der Waals surface area contributed by atoms with Crippen molar-refractivity contribution in [2.75, 3.05) is 0 Å². The van der Waals surface area contributed by atoms with Crippen molar-refractivity contribution in [3.05, 3.63) is 30.1 Å². The molecular weight excluding hydrogens is 155 g/mol. The van der Waals surface area contributed by atoms with Crippen LogP contribution in [0.25, 0.3) is 0 Å². The van der Waals surface area contributed by atoms with Crippen molar-refractivity contribution in [3.63, 3.8) is 0 Å². The summed E-state index contributed by atoms with van der Waals surface area (Å²) in [5, 5.41) is 0. The van der Waals surface area contributed by atoms with Gasteiger partial charge in [0.2, 0.25) is 0 Å². The molecule has 4 heteroatoms. The second-order valence-corrected chi connectivity index (χ2v) is 1.77. The molecule has 0 aromatic carbocycles. The van der Waals surface area contributed by atoms with Crippen LogP contribution in [-0.4, -0.2) is 11.7 Å². The van der Waals surface area contributed by atoms with Crippen molar-refractivity contribution in [2.45, 2.75) is 13.6 Å². The summed E-state index contributed by atoms with van der Waals surface area (Å²) in [7, 11) is 0. The Bertz CT molecular complexity index is 174. The Morgan fingerprint density at radius 1 is 1.18 bits per heavy atom. The van der Waals surface area contributed by atoms with E-state index in [0.29, 0.717) is 0 Å². The molecule has 11 heavy (non-hydrogen) atoms. The molecule has 0 unspecified atom stereocenters. The highest BCUT2D eigenvalue weighted by Gasteiger charge is 1.86. The Balaban J connectivity index is 0.000000218. The Morgan fingerprint density at radius 2 is 1.55 bits per heavy atom. The average Bonchev–Trinajstić information content (AvgIpc) is 1.87. The van der Waals surface area contributed by atoms with E-state index in [1.807, 2.05) is 19.1 Å². The molecule has 0 saturated carbocycles. The largest absolute Gasteiger partial charge is 0.379 e. The molecule has 0 aliphatic rings. The second-order valence-electron chi connectivity index (χ2n) is 1.77. The van der Waals surface area contributed by atoms with Crippen molar-refractivity contribution in [1.29, 1.82) is 0 Å². The van der Waals surface area contributed by atoms with Crippen LogP contribution in [0.4, 0.5) is 13.2 Å². The molecular formula is C7H8F3N. The number of nitrogens with zero attached hydrogens (tertiary/aromatic N) is 1. The minimum Gasteiger partial charge on any atom is -0.265 e. The standard InChI is InChI=1S/C6H7N.CHF3/c1-6-2-4-7-5-3-6;2-1(3)4/h2-5H,1H3;1H. The number of aromatic nitrogens is 1. The number of rotatable bonds is 0. The van der Waals surface area contributed by atoms with Crippen LogP contribution >= 0.6 is 0 Å². The zero-order valence-corrected chi connectivity index (χ0v) is 5.97. The smallest absolute Gasteiger partial charge is 0.265 e. The lowest BCUT2D eigenvalue weighted by Crippen LogP contribution is -1.68. The molecule has 0 atom stereocenters. The maximum Gasteiger partial charge on any atom is 0.379 e. The molecule has 0 bridgehead atoms. The van der Waals surface area contributed by atoms with Crippen LogP contribution in [0.5, 0.6) is 0 Å². The lowest BCUT2D eigenvalue weighted by atomic mass is 10.3. The summed E-state index contributed by atoms with van der Waals surface area (Å²) in [5.74, 6) is 0. The molecule has 0 aliphatic carbocycles. The molecule has 0 aliphatic heterocycles. The van der Waals surface area contributed by atoms with Gasteiger partial charge in [0.25, 0.3) is 0 Å². The molecule has 62 valence electrons. The van der Waals surface area contributed by atoms with Crippen LogP contribution < -0.4 is 0 Å². The molecule has 0 saturated heterocycles.